The van der Waals surface area contributed by atoms with Gasteiger partial charge in [0, 0.05) is 30.0 Å². The fourth-order valence-corrected chi connectivity index (χ4v) is 11.1. The molecule has 1 aliphatic heterocycles. The van der Waals surface area contributed by atoms with Gasteiger partial charge in [0.1, 0.15) is 0 Å². The van der Waals surface area contributed by atoms with E-state index in [1.807, 2.05) is 17.1 Å². The first-order chi connectivity index (χ1) is 19.5. The third-order valence-electron chi connectivity index (χ3n) is 13.7. The predicted octanol–water partition coefficient (Wildman–Crippen LogP) is 5.79. The minimum atomic E-state index is -0.803. The third kappa shape index (κ3) is 3.96. The quantitative estimate of drug-likeness (QED) is 0.411. The van der Waals surface area contributed by atoms with Gasteiger partial charge in [-0.05, 0) is 84.5 Å². The second kappa shape index (κ2) is 9.41. The molecule has 1 heterocycles. The van der Waals surface area contributed by atoms with Crippen molar-refractivity contribution in [3.63, 3.8) is 0 Å². The molecule has 0 bridgehead atoms. The lowest BCUT2D eigenvalue weighted by atomic mass is 9.35. The van der Waals surface area contributed by atoms with Gasteiger partial charge in [-0.1, -0.05) is 60.1 Å². The Bertz CT molecular complexity index is 1290. The first kappa shape index (κ1) is 29.9. The molecule has 8 atom stereocenters. The topological polar surface area (TPSA) is 103 Å². The number of aliphatic hydroxyl groups is 1. The number of nitriles is 1. The molecule has 0 aromatic rings. The second-order valence-electron chi connectivity index (χ2n) is 16.7. The van der Waals surface area contributed by atoms with Crippen molar-refractivity contribution in [2.45, 2.75) is 105 Å². The highest BCUT2D eigenvalue weighted by Crippen LogP contribution is 2.73. The Kier molecular flexibility index (Phi) is 6.70. The lowest BCUT2D eigenvalue weighted by Gasteiger charge is -2.69. The maximum Gasteiger partial charge on any atom is 0.317 e. The Morgan fingerprint density at radius 3 is 2.38 bits per heavy atom. The molecule has 3 saturated carbocycles. The number of fused-ring (bicyclic) bond motifs is 7. The van der Waals surface area contributed by atoms with E-state index >= 15 is 0 Å². The van der Waals surface area contributed by atoms with Crippen LogP contribution >= 0.6 is 0 Å². The van der Waals surface area contributed by atoms with Crippen molar-refractivity contribution in [2.24, 2.45) is 44.8 Å². The van der Waals surface area contributed by atoms with Crippen molar-refractivity contribution in [1.82, 2.24) is 10.2 Å². The highest BCUT2D eigenvalue weighted by atomic mass is 16.5. The van der Waals surface area contributed by atoms with Crippen LogP contribution in [0.1, 0.15) is 93.4 Å². The number of ether oxygens (including phenoxy) is 1. The van der Waals surface area contributed by atoms with Gasteiger partial charge in [-0.2, -0.15) is 5.26 Å². The molecule has 1 saturated heterocycles. The fraction of sp³-hybridized carbons (Fsp3) is 0.800. The summed E-state index contributed by atoms with van der Waals surface area (Å²) >= 11 is 0. The monoisotopic (exact) mass is 577 g/mol. The third-order valence-corrected chi connectivity index (χ3v) is 13.7. The van der Waals surface area contributed by atoms with Gasteiger partial charge >= 0.3 is 6.03 Å². The van der Waals surface area contributed by atoms with Gasteiger partial charge in [-0.15, -0.1) is 0 Å². The number of urea groups is 1. The van der Waals surface area contributed by atoms with E-state index in [2.05, 4.69) is 59.9 Å². The van der Waals surface area contributed by atoms with Gasteiger partial charge in [-0.3, -0.25) is 4.79 Å². The average molecular weight is 578 g/mol. The van der Waals surface area contributed by atoms with Crippen LogP contribution in [0.3, 0.4) is 0 Å². The first-order valence-corrected chi connectivity index (χ1v) is 16.3. The molecular formula is C35H51N3O4. The molecule has 4 fully saturated rings. The number of morpholine rings is 1. The molecule has 0 spiro atoms. The number of rotatable bonds is 1. The molecule has 0 aromatic carbocycles. The van der Waals surface area contributed by atoms with Crippen LogP contribution in [0.25, 0.3) is 0 Å². The zero-order valence-corrected chi connectivity index (χ0v) is 26.8. The van der Waals surface area contributed by atoms with Crippen LogP contribution in [-0.2, 0) is 9.53 Å². The SMILES string of the molecule is CC1(C)CC[C@]2(NC(=O)N3CCOCC3)CC[C@]3(C)C(C(=O)C=C4[C@@]5(C)C=C(C#N)C(O)C(C)(C)[C@@H]5CC[C@]43C)C2C1. The number of hydrogen-bond acceptors (Lipinski definition) is 5. The summed E-state index contributed by atoms with van der Waals surface area (Å²) in [5.41, 5.74) is -0.167. The van der Waals surface area contributed by atoms with Crippen LogP contribution in [-0.4, -0.2) is 59.8 Å². The van der Waals surface area contributed by atoms with Gasteiger partial charge < -0.3 is 20.1 Å². The van der Waals surface area contributed by atoms with E-state index in [1.165, 1.54) is 0 Å². The summed E-state index contributed by atoms with van der Waals surface area (Å²) < 4.78 is 5.50. The minimum absolute atomic E-state index is 0.0116. The number of hydrogen-bond donors (Lipinski definition) is 2. The maximum atomic E-state index is 14.7. The second-order valence-corrected chi connectivity index (χ2v) is 16.7. The highest BCUT2D eigenvalue weighted by molar-refractivity contribution is 5.96. The number of aliphatic hydroxyl groups excluding tert-OH is 1. The summed E-state index contributed by atoms with van der Waals surface area (Å²) in [5, 5.41) is 24.7. The van der Waals surface area contributed by atoms with E-state index in [9.17, 15) is 20.0 Å². The molecule has 6 aliphatic rings. The van der Waals surface area contributed by atoms with Crippen molar-refractivity contribution in [3.05, 3.63) is 23.3 Å². The molecule has 230 valence electrons. The Balaban J connectivity index is 1.44. The molecule has 6 rings (SSSR count). The van der Waals surface area contributed by atoms with E-state index in [0.29, 0.717) is 31.9 Å². The fourth-order valence-electron chi connectivity index (χ4n) is 11.1. The smallest absolute Gasteiger partial charge is 0.317 e. The van der Waals surface area contributed by atoms with Crippen molar-refractivity contribution in [2.75, 3.05) is 26.3 Å². The summed E-state index contributed by atoms with van der Waals surface area (Å²) in [6, 6.07) is 2.28. The molecule has 0 radical (unpaired) electrons. The Hall–Kier alpha value is -2.17. The lowest BCUT2D eigenvalue weighted by Crippen LogP contribution is -2.70. The van der Waals surface area contributed by atoms with Gasteiger partial charge in [0.05, 0.1) is 31.0 Å². The molecule has 2 N–H and O–H groups in total. The molecule has 5 aliphatic carbocycles. The zero-order chi connectivity index (χ0) is 30.5. The molecule has 3 unspecified atom stereocenters. The van der Waals surface area contributed by atoms with Crippen LogP contribution in [0, 0.1) is 56.2 Å². The maximum absolute atomic E-state index is 14.7. The molecule has 7 nitrogen and oxygen atoms in total. The Morgan fingerprint density at radius 2 is 1.71 bits per heavy atom. The number of carbonyl (C=O) groups is 2. The van der Waals surface area contributed by atoms with Crippen LogP contribution in [0.5, 0.6) is 0 Å². The summed E-state index contributed by atoms with van der Waals surface area (Å²) in [4.78, 5) is 30.2. The largest absolute Gasteiger partial charge is 0.387 e. The molecule has 7 heteroatoms. The average Bonchev–Trinajstić information content (AvgIpc) is 2.93. The van der Waals surface area contributed by atoms with Crippen LogP contribution < -0.4 is 5.32 Å². The number of allylic oxidation sites excluding steroid dienone is 3. The van der Waals surface area contributed by atoms with Gasteiger partial charge in [0.15, 0.2) is 5.78 Å². The summed E-state index contributed by atoms with van der Waals surface area (Å²) in [7, 11) is 0. The molecule has 42 heavy (non-hydrogen) atoms. The van der Waals surface area contributed by atoms with Gasteiger partial charge in [-0.25, -0.2) is 4.79 Å². The standard InChI is InChI=1S/C35H51N3O4/c1-30(2)10-12-35(37-29(41)38-14-16-42-17-15-38)13-11-34(7)27(23(35)20-30)24(39)18-26-32(5)19-22(21-36)28(40)31(3,4)25(32)8-9-33(26,34)6/h18-19,23,25,27-28,40H,8-17,20H2,1-7H3,(H,37,41)/t23?,25-,27?,28?,32-,33+,34+,35-/m0/s1. The van der Waals surface area contributed by atoms with Crippen molar-refractivity contribution in [3.8, 4) is 6.07 Å². The van der Waals surface area contributed by atoms with Crippen molar-refractivity contribution in [1.29, 1.82) is 5.26 Å². The van der Waals surface area contributed by atoms with Crippen LogP contribution in [0.2, 0.25) is 0 Å². The number of amides is 2. The van der Waals surface area contributed by atoms with E-state index in [1.54, 1.807) is 0 Å². The minimum Gasteiger partial charge on any atom is -0.387 e. The number of nitrogens with one attached hydrogen (secondary N) is 1. The molecular weight excluding hydrogens is 526 g/mol. The van der Waals surface area contributed by atoms with E-state index in [-0.39, 0.29) is 45.8 Å². The van der Waals surface area contributed by atoms with Crippen LogP contribution in [0.4, 0.5) is 4.79 Å². The lowest BCUT2D eigenvalue weighted by molar-refractivity contribution is -0.161. The Morgan fingerprint density at radius 1 is 1.05 bits per heavy atom. The van der Waals surface area contributed by atoms with Gasteiger partial charge in [0.25, 0.3) is 0 Å². The Labute approximate surface area is 252 Å². The van der Waals surface area contributed by atoms with E-state index in [4.69, 9.17) is 4.74 Å². The normalized spacial score (nSPS) is 45.6. The van der Waals surface area contributed by atoms with E-state index in [0.717, 1.165) is 50.5 Å². The van der Waals surface area contributed by atoms with Crippen LogP contribution in [0.15, 0.2) is 23.3 Å². The van der Waals surface area contributed by atoms with Crippen molar-refractivity contribution < 1.29 is 19.4 Å². The number of carbonyl (C=O) groups excluding carboxylic acids is 2. The van der Waals surface area contributed by atoms with Crippen molar-refractivity contribution >= 4 is 11.8 Å². The number of nitrogens with zero attached hydrogens (tertiary/aromatic N) is 2. The summed E-state index contributed by atoms with van der Waals surface area (Å²) in [6.07, 6.45) is 9.66. The highest BCUT2D eigenvalue weighted by Gasteiger charge is 2.70. The zero-order valence-electron chi connectivity index (χ0n) is 26.8. The predicted molar refractivity (Wildman–Crippen MR) is 161 cm³/mol. The number of ketones is 1. The first-order valence-electron chi connectivity index (χ1n) is 16.3. The summed E-state index contributed by atoms with van der Waals surface area (Å²) in [6.45, 7) is 18.1. The van der Waals surface area contributed by atoms with Gasteiger partial charge in [0.2, 0.25) is 0 Å². The molecule has 2 amide bonds. The molecule has 0 aromatic heterocycles. The van der Waals surface area contributed by atoms with E-state index < -0.39 is 22.5 Å². The summed E-state index contributed by atoms with van der Waals surface area (Å²) in [5.74, 6) is 0.211.